The highest BCUT2D eigenvalue weighted by molar-refractivity contribution is 8.13. The molecule has 0 atom stereocenters. The lowest BCUT2D eigenvalue weighted by Crippen LogP contribution is -1.95. The molecule has 0 bridgehead atoms. The Morgan fingerprint density at radius 2 is 1.57 bits per heavy atom. The summed E-state index contributed by atoms with van der Waals surface area (Å²) in [4.78, 5) is 0. The van der Waals surface area contributed by atoms with Crippen molar-refractivity contribution < 1.29 is 4.57 Å². The molecule has 0 saturated carbocycles. The largest absolute Gasteiger partial charge is 0.284 e. The van der Waals surface area contributed by atoms with Crippen LogP contribution in [0.4, 0.5) is 0 Å². The molecule has 0 aliphatic carbocycles. The molecule has 2 rings (SSSR count). The van der Waals surface area contributed by atoms with Gasteiger partial charge in [0, 0.05) is 5.30 Å². The van der Waals surface area contributed by atoms with Gasteiger partial charge in [0.2, 0.25) is 0 Å². The van der Waals surface area contributed by atoms with Crippen LogP contribution in [0.3, 0.4) is 0 Å². The van der Waals surface area contributed by atoms with E-state index in [1.807, 2.05) is 30.3 Å². The smallest absolute Gasteiger partial charge is 0.281 e. The maximum absolute atomic E-state index is 11.4. The third-order valence-electron chi connectivity index (χ3n) is 2.03. The van der Waals surface area contributed by atoms with Gasteiger partial charge in [0.05, 0.1) is 0 Å². The summed E-state index contributed by atoms with van der Waals surface area (Å²) >= 11 is 11.2. The Labute approximate surface area is 91.6 Å². The summed E-state index contributed by atoms with van der Waals surface area (Å²) in [6, 6.07) is 13.1. The van der Waals surface area contributed by atoms with Crippen molar-refractivity contribution in [3.63, 3.8) is 0 Å². The predicted octanol–water partition coefficient (Wildman–Crippen LogP) is 4.14. The summed E-state index contributed by atoms with van der Waals surface area (Å²) in [5.41, 5.74) is 0. The number of hydrogen-bond donors (Lipinski definition) is 0. The zero-order valence-electron chi connectivity index (χ0n) is 7.15. The summed E-state index contributed by atoms with van der Waals surface area (Å²) < 4.78 is 11.4. The van der Waals surface area contributed by atoms with Gasteiger partial charge in [-0.1, -0.05) is 30.3 Å². The SMILES string of the molecule is O=P(Cl)(Cl)c1ccc2ccccc2c1. The van der Waals surface area contributed by atoms with E-state index in [-0.39, 0.29) is 0 Å². The summed E-state index contributed by atoms with van der Waals surface area (Å²) in [5.74, 6) is -3.18. The molecule has 0 unspecified atom stereocenters. The van der Waals surface area contributed by atoms with E-state index in [2.05, 4.69) is 0 Å². The monoisotopic (exact) mass is 244 g/mol. The highest BCUT2D eigenvalue weighted by Crippen LogP contribution is 2.55. The molecule has 2 aromatic carbocycles. The van der Waals surface area contributed by atoms with Crippen LogP contribution >= 0.6 is 28.3 Å². The average Bonchev–Trinajstić information content (AvgIpc) is 2.16. The molecule has 0 amide bonds. The summed E-state index contributed by atoms with van der Waals surface area (Å²) in [6.07, 6.45) is 0. The fraction of sp³-hybridized carbons (Fsp3) is 0. The average molecular weight is 245 g/mol. The van der Waals surface area contributed by atoms with E-state index in [1.165, 1.54) is 0 Å². The van der Waals surface area contributed by atoms with Gasteiger partial charge in [-0.05, 0) is 45.4 Å². The lowest BCUT2D eigenvalue weighted by Gasteiger charge is -2.03. The topological polar surface area (TPSA) is 17.1 Å². The Hall–Kier alpha value is -0.490. The third kappa shape index (κ3) is 1.95. The minimum Gasteiger partial charge on any atom is -0.284 e. The van der Waals surface area contributed by atoms with Crippen molar-refractivity contribution in [1.29, 1.82) is 0 Å². The van der Waals surface area contributed by atoms with Crippen molar-refractivity contribution in [3.8, 4) is 0 Å². The van der Waals surface area contributed by atoms with Crippen LogP contribution in [0, 0.1) is 0 Å². The first-order valence-electron chi connectivity index (χ1n) is 4.06. The Morgan fingerprint density at radius 3 is 2.21 bits per heavy atom. The van der Waals surface area contributed by atoms with Crippen molar-refractivity contribution in [2.75, 3.05) is 0 Å². The van der Waals surface area contributed by atoms with E-state index < -0.39 is 5.85 Å². The van der Waals surface area contributed by atoms with Crippen molar-refractivity contribution in [3.05, 3.63) is 42.5 Å². The summed E-state index contributed by atoms with van der Waals surface area (Å²) in [6.45, 7) is 0. The van der Waals surface area contributed by atoms with Gasteiger partial charge >= 0.3 is 0 Å². The molecule has 0 spiro atoms. The van der Waals surface area contributed by atoms with Crippen LogP contribution < -0.4 is 5.30 Å². The van der Waals surface area contributed by atoms with Crippen LogP contribution in [0.1, 0.15) is 0 Å². The van der Waals surface area contributed by atoms with Crippen LogP contribution in [0.5, 0.6) is 0 Å². The Balaban J connectivity index is 2.69. The van der Waals surface area contributed by atoms with Crippen molar-refractivity contribution >= 4 is 44.4 Å². The molecule has 0 radical (unpaired) electrons. The zero-order chi connectivity index (χ0) is 10.2. The van der Waals surface area contributed by atoms with Gasteiger partial charge in [-0.2, -0.15) is 0 Å². The Kier molecular flexibility index (Phi) is 2.57. The van der Waals surface area contributed by atoms with Crippen LogP contribution in [0.25, 0.3) is 10.8 Å². The van der Waals surface area contributed by atoms with E-state index >= 15 is 0 Å². The van der Waals surface area contributed by atoms with Gasteiger partial charge in [0.15, 0.2) is 0 Å². The van der Waals surface area contributed by atoms with Crippen molar-refractivity contribution in [2.45, 2.75) is 0 Å². The number of fused-ring (bicyclic) bond motifs is 1. The zero-order valence-corrected chi connectivity index (χ0v) is 9.56. The Morgan fingerprint density at radius 1 is 0.929 bits per heavy atom. The number of benzene rings is 2. The standard InChI is InChI=1S/C10H7Cl2OP/c11-14(12,13)10-6-5-8-3-1-2-4-9(8)7-10/h1-7H. The molecule has 0 N–H and O–H groups in total. The van der Waals surface area contributed by atoms with Crippen LogP contribution in [0.15, 0.2) is 42.5 Å². The first-order chi connectivity index (χ1) is 6.57. The molecule has 0 aliphatic heterocycles. The van der Waals surface area contributed by atoms with Gasteiger partial charge in [-0.25, -0.2) is 0 Å². The first kappa shape index (κ1) is 10.0. The molecule has 0 fully saturated rings. The second kappa shape index (κ2) is 3.58. The molecule has 1 nitrogen and oxygen atoms in total. The van der Waals surface area contributed by atoms with Crippen molar-refractivity contribution in [1.82, 2.24) is 0 Å². The van der Waals surface area contributed by atoms with Crippen LogP contribution in [0.2, 0.25) is 0 Å². The minimum atomic E-state index is -3.18. The van der Waals surface area contributed by atoms with Crippen LogP contribution in [-0.2, 0) is 4.57 Å². The number of halogens is 2. The molecule has 0 aromatic heterocycles. The van der Waals surface area contributed by atoms with E-state index in [0.717, 1.165) is 10.8 Å². The number of rotatable bonds is 1. The maximum atomic E-state index is 11.4. The fourth-order valence-electron chi connectivity index (χ4n) is 1.34. The molecule has 2 aromatic rings. The van der Waals surface area contributed by atoms with E-state index in [9.17, 15) is 4.57 Å². The van der Waals surface area contributed by atoms with E-state index in [4.69, 9.17) is 22.5 Å². The number of hydrogen-bond acceptors (Lipinski definition) is 1. The molecule has 14 heavy (non-hydrogen) atoms. The molecular weight excluding hydrogens is 238 g/mol. The van der Waals surface area contributed by atoms with E-state index in [0.29, 0.717) is 5.30 Å². The normalized spacial score (nSPS) is 11.9. The summed E-state index contributed by atoms with van der Waals surface area (Å²) in [5, 5.41) is 2.56. The highest BCUT2D eigenvalue weighted by Gasteiger charge is 2.16. The molecular formula is C10H7Cl2OP. The minimum absolute atomic E-state index is 0.486. The lowest BCUT2D eigenvalue weighted by molar-refractivity contribution is 0.597. The first-order valence-corrected chi connectivity index (χ1v) is 7.58. The molecule has 0 saturated heterocycles. The quantitative estimate of drug-likeness (QED) is 0.690. The molecule has 0 aliphatic rings. The lowest BCUT2D eigenvalue weighted by atomic mass is 10.1. The molecule has 4 heteroatoms. The Bertz CT molecular complexity index is 518. The summed E-state index contributed by atoms with van der Waals surface area (Å²) in [7, 11) is 0. The second-order valence-corrected chi connectivity index (χ2v) is 7.81. The highest BCUT2D eigenvalue weighted by atomic mass is 35.9. The maximum Gasteiger partial charge on any atom is 0.281 e. The second-order valence-electron chi connectivity index (χ2n) is 2.99. The third-order valence-corrected chi connectivity index (χ3v) is 4.08. The van der Waals surface area contributed by atoms with Gasteiger partial charge in [-0.15, -0.1) is 0 Å². The predicted molar refractivity (Wildman–Crippen MR) is 62.9 cm³/mol. The van der Waals surface area contributed by atoms with Gasteiger partial charge in [0.1, 0.15) is 0 Å². The van der Waals surface area contributed by atoms with Crippen molar-refractivity contribution in [2.24, 2.45) is 0 Å². The van der Waals surface area contributed by atoms with Gasteiger partial charge < -0.3 is 0 Å². The molecule has 72 valence electrons. The van der Waals surface area contributed by atoms with Crippen LogP contribution in [-0.4, -0.2) is 0 Å². The fourth-order valence-corrected chi connectivity index (χ4v) is 2.51. The van der Waals surface area contributed by atoms with Gasteiger partial charge in [-0.3, -0.25) is 4.57 Å². The van der Waals surface area contributed by atoms with Gasteiger partial charge in [0.25, 0.3) is 5.85 Å². The molecule has 0 heterocycles. The van der Waals surface area contributed by atoms with E-state index in [1.54, 1.807) is 12.1 Å².